The van der Waals surface area contributed by atoms with Crippen LogP contribution in [-0.4, -0.2) is 46.9 Å². The van der Waals surface area contributed by atoms with E-state index in [1.807, 2.05) is 11.0 Å². The van der Waals surface area contributed by atoms with Crippen LogP contribution < -0.4 is 4.90 Å². The van der Waals surface area contributed by atoms with Gasteiger partial charge >= 0.3 is 0 Å². The number of aromatic nitrogens is 1. The predicted molar refractivity (Wildman–Crippen MR) is 118 cm³/mol. The van der Waals surface area contributed by atoms with Gasteiger partial charge in [-0.15, -0.1) is 0 Å². The van der Waals surface area contributed by atoms with Crippen molar-refractivity contribution in [2.45, 2.75) is 0 Å². The second-order valence-corrected chi connectivity index (χ2v) is 7.29. The monoisotopic (exact) mass is 447 g/mol. The number of anilines is 1. The number of hydrogen-bond acceptors (Lipinski definition) is 7. The first kappa shape index (κ1) is 21.7. The Kier molecular flexibility index (Phi) is 6.13. The van der Waals surface area contributed by atoms with E-state index in [4.69, 9.17) is 4.42 Å². The lowest BCUT2D eigenvalue weighted by Gasteiger charge is -2.34. The number of carbonyl (C=O) groups excluding carboxylic acids is 1. The number of hydrogen-bond donors (Lipinski definition) is 0. The molecule has 0 atom stereocenters. The molecule has 3 aromatic rings. The quantitative estimate of drug-likeness (QED) is 0.432. The number of benzene rings is 2. The van der Waals surface area contributed by atoms with Crippen LogP contribution >= 0.6 is 0 Å². The molecule has 0 spiro atoms. The van der Waals surface area contributed by atoms with E-state index in [-0.39, 0.29) is 23.2 Å². The van der Waals surface area contributed by atoms with Gasteiger partial charge in [0.2, 0.25) is 17.5 Å². The first-order valence-corrected chi connectivity index (χ1v) is 10.1. The highest BCUT2D eigenvalue weighted by Crippen LogP contribution is 2.25. The molecule has 0 unspecified atom stereocenters. The molecule has 0 radical (unpaired) electrons. The van der Waals surface area contributed by atoms with Crippen LogP contribution in [0.5, 0.6) is 0 Å². The summed E-state index contributed by atoms with van der Waals surface area (Å²) >= 11 is 0. The minimum absolute atomic E-state index is 0.00708. The lowest BCUT2D eigenvalue weighted by atomic mass is 10.1. The van der Waals surface area contributed by atoms with Gasteiger partial charge in [-0.05, 0) is 42.0 Å². The van der Waals surface area contributed by atoms with E-state index in [2.05, 4.69) is 4.98 Å². The summed E-state index contributed by atoms with van der Waals surface area (Å²) in [6.45, 7) is 1.62. The summed E-state index contributed by atoms with van der Waals surface area (Å²) in [5.41, 5.74) is 1.12. The van der Waals surface area contributed by atoms with E-state index >= 15 is 0 Å². The number of nitro benzene ring substituents is 1. The van der Waals surface area contributed by atoms with Gasteiger partial charge in [0.15, 0.2) is 0 Å². The molecule has 2 heterocycles. The zero-order chi connectivity index (χ0) is 23.4. The minimum atomic E-state index is -0.474. The van der Waals surface area contributed by atoms with E-state index in [0.29, 0.717) is 43.2 Å². The molecule has 33 heavy (non-hydrogen) atoms. The van der Waals surface area contributed by atoms with Crippen molar-refractivity contribution < 1.29 is 18.5 Å². The Morgan fingerprint density at radius 3 is 2.52 bits per heavy atom. The number of nitrogens with zero attached hydrogens (tertiary/aromatic N) is 5. The van der Waals surface area contributed by atoms with Crippen molar-refractivity contribution in [1.82, 2.24) is 9.88 Å². The van der Waals surface area contributed by atoms with Gasteiger partial charge in [-0.3, -0.25) is 14.9 Å². The van der Waals surface area contributed by atoms with Crippen LogP contribution in [0.25, 0.3) is 12.2 Å². The van der Waals surface area contributed by atoms with Crippen LogP contribution in [0.1, 0.15) is 27.5 Å². The third-order valence-electron chi connectivity index (χ3n) is 5.18. The Balaban J connectivity index is 1.43. The molecule has 1 aliphatic heterocycles. The van der Waals surface area contributed by atoms with Gasteiger partial charge in [-0.1, -0.05) is 6.07 Å². The van der Waals surface area contributed by atoms with Gasteiger partial charge in [0, 0.05) is 50.0 Å². The summed E-state index contributed by atoms with van der Waals surface area (Å²) in [6, 6.07) is 13.6. The molecule has 4 rings (SSSR count). The van der Waals surface area contributed by atoms with Crippen molar-refractivity contribution >= 4 is 29.6 Å². The highest BCUT2D eigenvalue weighted by molar-refractivity contribution is 5.94. The van der Waals surface area contributed by atoms with Crippen LogP contribution in [-0.2, 0) is 0 Å². The highest BCUT2D eigenvalue weighted by atomic mass is 19.1. The molecule has 1 aliphatic rings. The zero-order valence-corrected chi connectivity index (χ0v) is 17.3. The number of amides is 1. The average Bonchev–Trinajstić information content (AvgIpc) is 3.26. The number of carbonyl (C=O) groups is 1. The molecule has 0 bridgehead atoms. The van der Waals surface area contributed by atoms with E-state index in [1.54, 1.807) is 35.3 Å². The summed E-state index contributed by atoms with van der Waals surface area (Å²) in [4.78, 5) is 30.5. The third kappa shape index (κ3) is 4.88. The largest absolute Gasteiger partial charge is 0.420 e. The maximum absolute atomic E-state index is 13.4. The molecule has 0 saturated carbocycles. The van der Waals surface area contributed by atoms with Gasteiger partial charge in [-0.25, -0.2) is 4.39 Å². The molecule has 1 saturated heterocycles. The second kappa shape index (κ2) is 9.32. The Morgan fingerprint density at radius 2 is 1.88 bits per heavy atom. The Hall–Kier alpha value is -4.52. The van der Waals surface area contributed by atoms with Gasteiger partial charge in [0.05, 0.1) is 4.92 Å². The van der Waals surface area contributed by atoms with E-state index in [1.165, 1.54) is 30.3 Å². The van der Waals surface area contributed by atoms with Gasteiger partial charge in [0.25, 0.3) is 11.6 Å². The van der Waals surface area contributed by atoms with Crippen molar-refractivity contribution in [3.8, 4) is 6.07 Å². The molecule has 166 valence electrons. The molecule has 10 heteroatoms. The maximum Gasteiger partial charge on any atom is 0.269 e. The topological polar surface area (TPSA) is 117 Å². The maximum atomic E-state index is 13.4. The SMILES string of the molecule is N#Cc1nc(/C=C/c2ccc([N+](=O)[O-])cc2)oc1N1CCN(C(=O)c2cccc(F)c2)CC1. The lowest BCUT2D eigenvalue weighted by Crippen LogP contribution is -2.48. The summed E-state index contributed by atoms with van der Waals surface area (Å²) < 4.78 is 19.2. The van der Waals surface area contributed by atoms with Crippen molar-refractivity contribution in [3.05, 3.63) is 87.2 Å². The molecule has 0 N–H and O–H groups in total. The van der Waals surface area contributed by atoms with Crippen LogP contribution in [0.3, 0.4) is 0 Å². The lowest BCUT2D eigenvalue weighted by molar-refractivity contribution is -0.384. The molecule has 1 aromatic heterocycles. The highest BCUT2D eigenvalue weighted by Gasteiger charge is 2.26. The fraction of sp³-hybridized carbons (Fsp3) is 0.174. The minimum Gasteiger partial charge on any atom is -0.420 e. The normalized spacial score (nSPS) is 13.8. The Morgan fingerprint density at radius 1 is 1.15 bits per heavy atom. The number of nitriles is 1. The average molecular weight is 447 g/mol. The summed E-state index contributed by atoms with van der Waals surface area (Å²) in [6.07, 6.45) is 3.26. The zero-order valence-electron chi connectivity index (χ0n) is 17.3. The van der Waals surface area contributed by atoms with Crippen molar-refractivity contribution in [3.63, 3.8) is 0 Å². The second-order valence-electron chi connectivity index (χ2n) is 7.29. The van der Waals surface area contributed by atoms with Crippen molar-refractivity contribution in [2.75, 3.05) is 31.1 Å². The smallest absolute Gasteiger partial charge is 0.269 e. The Labute approximate surface area is 188 Å². The van der Waals surface area contributed by atoms with Crippen molar-refractivity contribution in [1.29, 1.82) is 5.26 Å². The van der Waals surface area contributed by atoms with E-state index < -0.39 is 10.7 Å². The van der Waals surface area contributed by atoms with Gasteiger partial charge in [0.1, 0.15) is 11.9 Å². The van der Waals surface area contributed by atoms with Gasteiger partial charge in [-0.2, -0.15) is 10.2 Å². The summed E-state index contributed by atoms with van der Waals surface area (Å²) in [5.74, 6) is -0.176. The number of non-ortho nitro benzene ring substituents is 1. The fourth-order valence-corrected chi connectivity index (χ4v) is 3.48. The summed E-state index contributed by atoms with van der Waals surface area (Å²) in [5, 5.41) is 20.2. The van der Waals surface area contributed by atoms with E-state index in [0.717, 1.165) is 0 Å². The predicted octanol–water partition coefficient (Wildman–Crippen LogP) is 3.73. The number of oxazole rings is 1. The summed E-state index contributed by atoms with van der Waals surface area (Å²) in [7, 11) is 0. The molecule has 2 aromatic carbocycles. The fourth-order valence-electron chi connectivity index (χ4n) is 3.48. The van der Waals surface area contributed by atoms with Crippen molar-refractivity contribution in [2.24, 2.45) is 0 Å². The third-order valence-corrected chi connectivity index (χ3v) is 5.18. The molecule has 0 aliphatic carbocycles. The number of halogens is 1. The molecule has 9 nitrogen and oxygen atoms in total. The number of piperazine rings is 1. The van der Waals surface area contributed by atoms with Crippen LogP contribution in [0.4, 0.5) is 16.0 Å². The van der Waals surface area contributed by atoms with Gasteiger partial charge < -0.3 is 14.2 Å². The first-order chi connectivity index (χ1) is 15.9. The molecule has 1 fully saturated rings. The van der Waals surface area contributed by atoms with Crippen LogP contribution in [0.2, 0.25) is 0 Å². The first-order valence-electron chi connectivity index (χ1n) is 10.1. The van der Waals surface area contributed by atoms with Crippen LogP contribution in [0, 0.1) is 27.3 Å². The Bertz CT molecular complexity index is 1250. The standard InChI is InChI=1S/C23H18FN5O4/c24-18-3-1-2-17(14-18)22(30)27-10-12-28(13-11-27)23-20(15-25)26-21(33-23)9-6-16-4-7-19(8-5-16)29(31)32/h1-9,14H,10-13H2/b9-6+. The number of rotatable bonds is 5. The molecular weight excluding hydrogens is 429 g/mol. The molecular formula is C23H18FN5O4. The van der Waals surface area contributed by atoms with Crippen LogP contribution in [0.15, 0.2) is 52.9 Å². The van der Waals surface area contributed by atoms with E-state index in [9.17, 15) is 24.6 Å². The molecule has 1 amide bonds. The number of nitro groups is 1.